The lowest BCUT2D eigenvalue weighted by Crippen LogP contribution is -2.34. The first kappa shape index (κ1) is 22.0. The summed E-state index contributed by atoms with van der Waals surface area (Å²) in [4.78, 5) is 23.8. The van der Waals surface area contributed by atoms with Crippen molar-refractivity contribution in [3.05, 3.63) is 90.0 Å². The highest BCUT2D eigenvalue weighted by atomic mass is 32.1. The Bertz CT molecular complexity index is 1050. The normalized spacial score (nSPS) is 10.1. The van der Waals surface area contributed by atoms with Crippen LogP contribution in [0.15, 0.2) is 78.9 Å². The molecule has 0 aromatic heterocycles. The summed E-state index contributed by atoms with van der Waals surface area (Å²) in [5.41, 5.74) is 1.69. The van der Waals surface area contributed by atoms with Gasteiger partial charge in [0.05, 0.1) is 0 Å². The zero-order valence-corrected chi connectivity index (χ0v) is 17.8. The number of carbonyl (C=O) groups is 2. The summed E-state index contributed by atoms with van der Waals surface area (Å²) in [5, 5.41) is 5.71. The Hall–Kier alpha value is -3.71. The molecule has 0 saturated heterocycles. The zero-order valence-electron chi connectivity index (χ0n) is 17.0. The predicted octanol–water partition coefficient (Wildman–Crippen LogP) is 4.47. The van der Waals surface area contributed by atoms with Crippen LogP contribution in [-0.2, 0) is 0 Å². The molecule has 3 rings (SSSR count). The standard InChI is InChI=1S/C24H22N2O4S/c1-17(27)18-10-12-20(13-11-18)25-24(31)26-23(28)19-6-5-9-22(16-19)30-15-14-29-21-7-3-2-4-8-21/h2-13,16H,14-15H2,1H3,(H2,25,26,28,31). The molecule has 31 heavy (non-hydrogen) atoms. The van der Waals surface area contributed by atoms with Gasteiger partial charge in [-0.2, -0.15) is 0 Å². The second-order valence-electron chi connectivity index (χ2n) is 6.58. The molecule has 0 atom stereocenters. The minimum Gasteiger partial charge on any atom is -0.490 e. The van der Waals surface area contributed by atoms with Crippen molar-refractivity contribution in [2.24, 2.45) is 0 Å². The van der Waals surface area contributed by atoms with Crippen LogP contribution in [0.25, 0.3) is 0 Å². The van der Waals surface area contributed by atoms with E-state index >= 15 is 0 Å². The molecule has 0 radical (unpaired) electrons. The number of nitrogens with one attached hydrogen (secondary N) is 2. The number of para-hydroxylation sites is 1. The Morgan fingerprint density at radius 3 is 2.13 bits per heavy atom. The van der Waals surface area contributed by atoms with Gasteiger partial charge in [-0.15, -0.1) is 0 Å². The Kier molecular flexibility index (Phi) is 7.73. The van der Waals surface area contributed by atoms with Crippen molar-refractivity contribution in [1.82, 2.24) is 5.32 Å². The molecule has 2 N–H and O–H groups in total. The maximum absolute atomic E-state index is 12.5. The molecule has 158 valence electrons. The van der Waals surface area contributed by atoms with Gasteiger partial charge in [-0.1, -0.05) is 24.3 Å². The number of hydrogen-bond donors (Lipinski definition) is 2. The third-order valence-corrected chi connectivity index (χ3v) is 4.44. The number of carbonyl (C=O) groups excluding carboxylic acids is 2. The highest BCUT2D eigenvalue weighted by molar-refractivity contribution is 7.80. The number of ketones is 1. The van der Waals surface area contributed by atoms with E-state index in [1.54, 1.807) is 48.5 Å². The minimum atomic E-state index is -0.358. The maximum atomic E-state index is 12.5. The number of amides is 1. The van der Waals surface area contributed by atoms with E-state index in [0.717, 1.165) is 5.75 Å². The fourth-order valence-corrected chi connectivity index (χ4v) is 2.90. The second-order valence-corrected chi connectivity index (χ2v) is 6.99. The van der Waals surface area contributed by atoms with Gasteiger partial charge < -0.3 is 14.8 Å². The number of anilines is 1. The highest BCUT2D eigenvalue weighted by Crippen LogP contribution is 2.14. The van der Waals surface area contributed by atoms with Crippen LogP contribution < -0.4 is 20.1 Å². The Labute approximate surface area is 186 Å². The number of benzene rings is 3. The molecule has 0 aliphatic rings. The predicted molar refractivity (Wildman–Crippen MR) is 124 cm³/mol. The van der Waals surface area contributed by atoms with Gasteiger partial charge in [-0.3, -0.25) is 14.9 Å². The molecular formula is C24H22N2O4S. The van der Waals surface area contributed by atoms with Gasteiger partial charge in [0, 0.05) is 16.8 Å². The molecule has 0 aliphatic carbocycles. The third kappa shape index (κ3) is 6.94. The number of hydrogen-bond acceptors (Lipinski definition) is 5. The van der Waals surface area contributed by atoms with Gasteiger partial charge in [-0.25, -0.2) is 0 Å². The average molecular weight is 435 g/mol. The first-order chi connectivity index (χ1) is 15.0. The lowest BCUT2D eigenvalue weighted by Gasteiger charge is -2.11. The Morgan fingerprint density at radius 1 is 0.806 bits per heavy atom. The Morgan fingerprint density at radius 2 is 1.45 bits per heavy atom. The summed E-state index contributed by atoms with van der Waals surface area (Å²) in [7, 11) is 0. The smallest absolute Gasteiger partial charge is 0.257 e. The van der Waals surface area contributed by atoms with E-state index in [4.69, 9.17) is 21.7 Å². The van der Waals surface area contributed by atoms with E-state index in [2.05, 4.69) is 10.6 Å². The number of Topliss-reactive ketones (excluding diaryl/α,β-unsaturated/α-hetero) is 1. The van der Waals surface area contributed by atoms with E-state index in [1.165, 1.54) is 6.92 Å². The van der Waals surface area contributed by atoms with E-state index in [1.807, 2.05) is 30.3 Å². The summed E-state index contributed by atoms with van der Waals surface area (Å²) < 4.78 is 11.3. The quantitative estimate of drug-likeness (QED) is 0.309. The molecule has 1 amide bonds. The van der Waals surface area contributed by atoms with Crippen LogP contribution in [0, 0.1) is 0 Å². The maximum Gasteiger partial charge on any atom is 0.257 e. The first-order valence-electron chi connectivity index (χ1n) is 9.65. The van der Waals surface area contributed by atoms with Gasteiger partial charge in [0.15, 0.2) is 10.9 Å². The van der Waals surface area contributed by atoms with E-state index < -0.39 is 0 Å². The van der Waals surface area contributed by atoms with Crippen molar-refractivity contribution in [2.75, 3.05) is 18.5 Å². The van der Waals surface area contributed by atoms with Gasteiger partial charge in [0.25, 0.3) is 5.91 Å². The van der Waals surface area contributed by atoms with Crippen LogP contribution in [0.3, 0.4) is 0 Å². The lowest BCUT2D eigenvalue weighted by atomic mass is 10.1. The zero-order chi connectivity index (χ0) is 22.1. The van der Waals surface area contributed by atoms with Crippen molar-refractivity contribution in [3.8, 4) is 11.5 Å². The van der Waals surface area contributed by atoms with Crippen molar-refractivity contribution >= 4 is 34.7 Å². The average Bonchev–Trinajstić information content (AvgIpc) is 2.78. The van der Waals surface area contributed by atoms with Crippen LogP contribution in [0.1, 0.15) is 27.6 Å². The molecule has 0 heterocycles. The fourth-order valence-electron chi connectivity index (χ4n) is 2.69. The number of thiocarbonyl (C=S) groups is 1. The van der Waals surface area contributed by atoms with Crippen LogP contribution in [0.4, 0.5) is 5.69 Å². The number of rotatable bonds is 8. The summed E-state index contributed by atoms with van der Waals surface area (Å²) in [6, 6.07) is 23.1. The molecule has 0 aliphatic heterocycles. The van der Waals surface area contributed by atoms with Crippen LogP contribution in [-0.4, -0.2) is 30.0 Å². The van der Waals surface area contributed by atoms with E-state index in [0.29, 0.717) is 35.8 Å². The highest BCUT2D eigenvalue weighted by Gasteiger charge is 2.09. The van der Waals surface area contributed by atoms with E-state index in [-0.39, 0.29) is 16.8 Å². The number of ether oxygens (including phenoxy) is 2. The first-order valence-corrected chi connectivity index (χ1v) is 10.1. The van der Waals surface area contributed by atoms with Crippen LogP contribution in [0.2, 0.25) is 0 Å². The molecule has 3 aromatic rings. The van der Waals surface area contributed by atoms with Gasteiger partial charge >= 0.3 is 0 Å². The molecule has 6 nitrogen and oxygen atoms in total. The van der Waals surface area contributed by atoms with Crippen molar-refractivity contribution in [1.29, 1.82) is 0 Å². The molecule has 3 aromatic carbocycles. The summed E-state index contributed by atoms with van der Waals surface area (Å²) in [6.07, 6.45) is 0. The molecular weight excluding hydrogens is 412 g/mol. The third-order valence-electron chi connectivity index (χ3n) is 4.24. The summed E-state index contributed by atoms with van der Waals surface area (Å²) in [5.74, 6) is 0.958. The van der Waals surface area contributed by atoms with Crippen molar-refractivity contribution in [2.45, 2.75) is 6.92 Å². The summed E-state index contributed by atoms with van der Waals surface area (Å²) in [6.45, 7) is 2.23. The van der Waals surface area contributed by atoms with Gasteiger partial charge in [0.1, 0.15) is 24.7 Å². The lowest BCUT2D eigenvalue weighted by molar-refractivity contribution is 0.0975. The monoisotopic (exact) mass is 434 g/mol. The molecule has 0 unspecified atom stereocenters. The van der Waals surface area contributed by atoms with Crippen LogP contribution >= 0.6 is 12.2 Å². The molecule has 0 bridgehead atoms. The fraction of sp³-hybridized carbons (Fsp3) is 0.125. The molecule has 0 spiro atoms. The van der Waals surface area contributed by atoms with Crippen molar-refractivity contribution < 1.29 is 19.1 Å². The minimum absolute atomic E-state index is 0.0174. The van der Waals surface area contributed by atoms with Crippen LogP contribution in [0.5, 0.6) is 11.5 Å². The van der Waals surface area contributed by atoms with Crippen molar-refractivity contribution in [3.63, 3.8) is 0 Å². The molecule has 7 heteroatoms. The summed E-state index contributed by atoms with van der Waals surface area (Å²) >= 11 is 5.20. The molecule has 0 saturated carbocycles. The molecule has 0 fully saturated rings. The largest absolute Gasteiger partial charge is 0.490 e. The van der Waals surface area contributed by atoms with Gasteiger partial charge in [0.2, 0.25) is 0 Å². The Balaban J connectivity index is 1.48. The SMILES string of the molecule is CC(=O)c1ccc(NC(=S)NC(=O)c2cccc(OCCOc3ccccc3)c2)cc1. The second kappa shape index (κ2) is 10.9. The van der Waals surface area contributed by atoms with Gasteiger partial charge in [-0.05, 0) is 73.7 Å². The topological polar surface area (TPSA) is 76.7 Å². The van der Waals surface area contributed by atoms with E-state index in [9.17, 15) is 9.59 Å².